The zero-order chi connectivity index (χ0) is 25.9. The molecule has 1 aliphatic heterocycles. The minimum absolute atomic E-state index is 0.0175. The lowest BCUT2D eigenvalue weighted by atomic mass is 9.66. The summed E-state index contributed by atoms with van der Waals surface area (Å²) in [7, 11) is -2.25. The van der Waals surface area contributed by atoms with E-state index in [1.807, 2.05) is 13.0 Å². The number of Topliss-reactive ketones (excluding diaryl/α,β-unsaturated/α-hetero) is 1. The third kappa shape index (κ3) is 3.87. The number of carbonyl (C=O) groups is 1. The van der Waals surface area contributed by atoms with Gasteiger partial charge in [0.2, 0.25) is 5.78 Å². The topological polar surface area (TPSA) is 103 Å². The summed E-state index contributed by atoms with van der Waals surface area (Å²) in [5.74, 6) is -0.536. The summed E-state index contributed by atoms with van der Waals surface area (Å²) in [4.78, 5) is 19.4. The lowest BCUT2D eigenvalue weighted by Crippen LogP contribution is -2.53. The van der Waals surface area contributed by atoms with Gasteiger partial charge in [-0.1, -0.05) is 5.57 Å². The maximum atomic E-state index is 14.1. The van der Waals surface area contributed by atoms with Crippen LogP contribution in [0.2, 0.25) is 0 Å². The monoisotopic (exact) mass is 538 g/mol. The Balaban J connectivity index is 1.45. The number of ketones is 1. The molecule has 3 aromatic heterocycles. The van der Waals surface area contributed by atoms with Crippen molar-refractivity contribution in [1.82, 2.24) is 28.9 Å². The van der Waals surface area contributed by atoms with E-state index in [0.717, 1.165) is 21.7 Å². The molecule has 6 rings (SSSR count). The Morgan fingerprint density at radius 3 is 2.62 bits per heavy atom. The largest absolute Gasteiger partial charge is 0.290 e. The number of aromatic nitrogens is 5. The van der Waals surface area contributed by atoms with Crippen molar-refractivity contribution in [3.8, 4) is 5.69 Å². The molecule has 0 spiro atoms. The predicted molar refractivity (Wildman–Crippen MR) is 135 cm³/mol. The van der Waals surface area contributed by atoms with Gasteiger partial charge in [-0.3, -0.25) is 9.48 Å². The van der Waals surface area contributed by atoms with Crippen molar-refractivity contribution >= 4 is 33.2 Å². The van der Waals surface area contributed by atoms with Crippen LogP contribution in [0.1, 0.15) is 32.4 Å². The van der Waals surface area contributed by atoms with Gasteiger partial charge in [0.15, 0.2) is 10.0 Å². The fraction of sp³-hybridized carbons (Fsp3) is 0.280. The SMILES string of the molecule is Cc1cnc(C(=O)[C@]23Cc4cnn(-c5ccc(F)cc5)c4C=C2CCN(S(=O)(=O)c2ccn(C)n2)C3)s1. The predicted octanol–water partition coefficient (Wildman–Crippen LogP) is 3.41. The number of halogens is 1. The molecule has 1 fully saturated rings. The number of carbonyl (C=O) groups excluding carboxylic acids is 1. The van der Waals surface area contributed by atoms with Crippen molar-refractivity contribution in [3.63, 3.8) is 0 Å². The Labute approximate surface area is 216 Å². The summed E-state index contributed by atoms with van der Waals surface area (Å²) in [6.07, 6.45) is 7.53. The Morgan fingerprint density at radius 2 is 1.95 bits per heavy atom. The summed E-state index contributed by atoms with van der Waals surface area (Å²) in [5.41, 5.74) is 2.04. The molecule has 190 valence electrons. The van der Waals surface area contributed by atoms with Crippen LogP contribution in [0.3, 0.4) is 0 Å². The molecule has 1 aliphatic carbocycles. The number of piperidine rings is 1. The van der Waals surface area contributed by atoms with E-state index in [1.165, 1.54) is 38.5 Å². The third-order valence-corrected chi connectivity index (χ3v) is 9.64. The summed E-state index contributed by atoms with van der Waals surface area (Å²) >= 11 is 1.31. The minimum atomic E-state index is -3.91. The van der Waals surface area contributed by atoms with Gasteiger partial charge in [-0.15, -0.1) is 11.3 Å². The number of hydrogen-bond acceptors (Lipinski definition) is 7. The molecule has 0 unspecified atom stereocenters. The second-order valence-electron chi connectivity index (χ2n) is 9.39. The van der Waals surface area contributed by atoms with Crippen molar-refractivity contribution in [3.05, 3.63) is 81.5 Å². The first-order chi connectivity index (χ1) is 17.7. The number of benzene rings is 1. The van der Waals surface area contributed by atoms with E-state index in [9.17, 15) is 17.6 Å². The number of thiazole rings is 1. The van der Waals surface area contributed by atoms with E-state index in [4.69, 9.17) is 0 Å². The van der Waals surface area contributed by atoms with Crippen LogP contribution in [-0.2, 0) is 23.5 Å². The molecule has 4 heterocycles. The normalized spacial score (nSPS) is 19.8. The van der Waals surface area contributed by atoms with Crippen LogP contribution >= 0.6 is 11.3 Å². The maximum Gasteiger partial charge on any atom is 0.262 e. The molecular weight excluding hydrogens is 515 g/mol. The number of rotatable bonds is 5. The Kier molecular flexibility index (Phi) is 5.51. The molecule has 37 heavy (non-hydrogen) atoms. The first kappa shape index (κ1) is 23.9. The fourth-order valence-electron chi connectivity index (χ4n) is 5.14. The number of nitrogens with zero attached hydrogens (tertiary/aromatic N) is 6. The molecule has 12 heteroatoms. The first-order valence-corrected chi connectivity index (χ1v) is 13.9. The molecule has 0 amide bonds. The number of fused-ring (bicyclic) bond motifs is 2. The second kappa shape index (κ2) is 8.54. The average molecular weight is 539 g/mol. The van der Waals surface area contributed by atoms with Crippen molar-refractivity contribution in [2.24, 2.45) is 12.5 Å². The van der Waals surface area contributed by atoms with Gasteiger partial charge in [-0.2, -0.15) is 14.5 Å². The van der Waals surface area contributed by atoms with E-state index in [0.29, 0.717) is 17.1 Å². The standard InChI is InChI=1S/C25H23FN6O3S2/c1-16-13-27-24(36-16)23(33)25-12-17-14-28-32(20-5-3-19(26)4-6-20)21(17)11-18(25)7-10-31(15-25)37(34,35)22-8-9-30(2)29-22/h3-6,8-9,11,13-14H,7,10,12,15H2,1-2H3/t25-/m0/s1. The van der Waals surface area contributed by atoms with Gasteiger partial charge in [-0.25, -0.2) is 22.5 Å². The van der Waals surface area contributed by atoms with Crippen LogP contribution in [0.4, 0.5) is 4.39 Å². The number of aryl methyl sites for hydroxylation is 2. The molecule has 2 aliphatic rings. The zero-order valence-electron chi connectivity index (χ0n) is 20.1. The van der Waals surface area contributed by atoms with Crippen molar-refractivity contribution in [2.75, 3.05) is 13.1 Å². The maximum absolute atomic E-state index is 14.1. The van der Waals surface area contributed by atoms with Gasteiger partial charge in [0.25, 0.3) is 10.0 Å². The van der Waals surface area contributed by atoms with Crippen LogP contribution in [0.15, 0.2) is 59.5 Å². The van der Waals surface area contributed by atoms with Crippen molar-refractivity contribution in [2.45, 2.75) is 24.8 Å². The van der Waals surface area contributed by atoms with E-state index in [1.54, 1.807) is 42.5 Å². The molecule has 1 atom stereocenters. The molecule has 4 aromatic rings. The summed E-state index contributed by atoms with van der Waals surface area (Å²) in [6, 6.07) is 7.51. The van der Waals surface area contributed by atoms with E-state index >= 15 is 0 Å². The number of sulfonamides is 1. The molecule has 9 nitrogen and oxygen atoms in total. The molecule has 1 aromatic carbocycles. The van der Waals surface area contributed by atoms with Gasteiger partial charge >= 0.3 is 0 Å². The van der Waals surface area contributed by atoms with Crippen molar-refractivity contribution in [1.29, 1.82) is 0 Å². The van der Waals surface area contributed by atoms with Gasteiger partial charge in [-0.05, 0) is 61.7 Å². The van der Waals surface area contributed by atoms with Crippen LogP contribution in [0.5, 0.6) is 0 Å². The third-order valence-electron chi connectivity index (χ3n) is 7.00. The van der Waals surface area contributed by atoms with Gasteiger partial charge in [0.05, 0.1) is 23.0 Å². The van der Waals surface area contributed by atoms with E-state index in [-0.39, 0.29) is 36.1 Å². The van der Waals surface area contributed by atoms with Gasteiger partial charge in [0, 0.05) is 37.4 Å². The van der Waals surface area contributed by atoms with E-state index < -0.39 is 15.4 Å². The Morgan fingerprint density at radius 1 is 1.16 bits per heavy atom. The smallest absolute Gasteiger partial charge is 0.262 e. The highest BCUT2D eigenvalue weighted by atomic mass is 32.2. The molecule has 0 N–H and O–H groups in total. The van der Waals surface area contributed by atoms with Crippen LogP contribution < -0.4 is 0 Å². The van der Waals surface area contributed by atoms with Crippen molar-refractivity contribution < 1.29 is 17.6 Å². The highest BCUT2D eigenvalue weighted by Crippen LogP contribution is 2.47. The van der Waals surface area contributed by atoms with Crippen LogP contribution in [0.25, 0.3) is 11.8 Å². The van der Waals surface area contributed by atoms with E-state index in [2.05, 4.69) is 15.2 Å². The Hall–Kier alpha value is -3.48. The molecular formula is C25H23FN6O3S2. The lowest BCUT2D eigenvalue weighted by molar-refractivity contribution is 0.0775. The molecule has 1 saturated heterocycles. The fourth-order valence-corrected chi connectivity index (χ4v) is 7.39. The molecule has 0 bridgehead atoms. The lowest BCUT2D eigenvalue weighted by Gasteiger charge is -2.44. The highest BCUT2D eigenvalue weighted by Gasteiger charge is 2.52. The molecule has 0 saturated carbocycles. The minimum Gasteiger partial charge on any atom is -0.290 e. The first-order valence-electron chi connectivity index (χ1n) is 11.7. The summed E-state index contributed by atoms with van der Waals surface area (Å²) in [6.45, 7) is 2.08. The average Bonchev–Trinajstić information content (AvgIpc) is 3.62. The van der Waals surface area contributed by atoms with Crippen LogP contribution in [-0.4, -0.2) is 56.1 Å². The zero-order valence-corrected chi connectivity index (χ0v) is 21.8. The van der Waals surface area contributed by atoms with Gasteiger partial charge < -0.3 is 0 Å². The summed E-state index contributed by atoms with van der Waals surface area (Å²) < 4.78 is 45.0. The summed E-state index contributed by atoms with van der Waals surface area (Å²) in [5, 5.41) is 8.94. The second-order valence-corrected chi connectivity index (χ2v) is 12.5. The quantitative estimate of drug-likeness (QED) is 0.361. The number of hydrogen-bond donors (Lipinski definition) is 0. The molecule has 0 radical (unpaired) electrons. The Bertz CT molecular complexity index is 1670. The highest BCUT2D eigenvalue weighted by molar-refractivity contribution is 7.89. The van der Waals surface area contributed by atoms with Crippen LogP contribution in [0, 0.1) is 18.2 Å². The van der Waals surface area contributed by atoms with Gasteiger partial charge in [0.1, 0.15) is 5.82 Å².